The average molecular weight is 298 g/mol. The van der Waals surface area contributed by atoms with Gasteiger partial charge in [0.15, 0.2) is 5.78 Å². The third kappa shape index (κ3) is 7.59. The maximum atomic E-state index is 11.5. The zero-order valence-electron chi connectivity index (χ0n) is 12.2. The Balaban J connectivity index is 2.06. The number of Topliss-reactive ketones (excluding diaryl/α,β-unsaturated/α-hetero) is 1. The number of hydrogen-bond donors (Lipinski definition) is 0. The quantitative estimate of drug-likeness (QED) is 0.486. The van der Waals surface area contributed by atoms with Gasteiger partial charge in [0.2, 0.25) is 0 Å². The molecule has 0 spiro atoms. The van der Waals surface area contributed by atoms with E-state index >= 15 is 0 Å². The number of unbranched alkanes of at least 4 members (excludes halogenated alkanes) is 2. The van der Waals surface area contributed by atoms with Crippen LogP contribution in [0.4, 0.5) is 0 Å². The van der Waals surface area contributed by atoms with Gasteiger partial charge in [0.05, 0.1) is 0 Å². The second kappa shape index (κ2) is 9.06. The first kappa shape index (κ1) is 17.1. The van der Waals surface area contributed by atoms with Gasteiger partial charge < -0.3 is 9.05 Å². The zero-order chi connectivity index (χ0) is 14.8. The predicted molar refractivity (Wildman–Crippen MR) is 80.1 cm³/mol. The minimum Gasteiger partial charge on any atom is -0.312 e. The van der Waals surface area contributed by atoms with E-state index in [9.17, 15) is 9.36 Å². The molecule has 0 radical (unpaired) electrons. The Morgan fingerprint density at radius 2 is 1.85 bits per heavy atom. The van der Waals surface area contributed by atoms with Crippen molar-refractivity contribution in [1.29, 1.82) is 0 Å². The van der Waals surface area contributed by atoms with Crippen LogP contribution in [0.5, 0.6) is 0 Å². The highest BCUT2D eigenvalue weighted by Crippen LogP contribution is 2.42. The van der Waals surface area contributed by atoms with Crippen LogP contribution >= 0.6 is 7.60 Å². The molecule has 0 fully saturated rings. The zero-order valence-corrected chi connectivity index (χ0v) is 13.1. The molecule has 4 nitrogen and oxygen atoms in total. The lowest BCUT2D eigenvalue weighted by Crippen LogP contribution is -2.07. The Hall–Kier alpha value is -0.960. The van der Waals surface area contributed by atoms with Crippen LogP contribution in [0.25, 0.3) is 0 Å². The fourth-order valence-corrected chi connectivity index (χ4v) is 2.27. The molecule has 0 bridgehead atoms. The smallest absolute Gasteiger partial charge is 0.312 e. The highest BCUT2D eigenvalue weighted by Gasteiger charge is 2.16. The third-order valence-corrected chi connectivity index (χ3v) is 4.32. The van der Waals surface area contributed by atoms with Crippen LogP contribution in [0, 0.1) is 0 Å². The largest absolute Gasteiger partial charge is 0.327 e. The molecule has 0 saturated carbocycles. The summed E-state index contributed by atoms with van der Waals surface area (Å²) in [6.45, 7) is 1.24. The number of hydrogen-bond acceptors (Lipinski definition) is 4. The van der Waals surface area contributed by atoms with Gasteiger partial charge in [-0.1, -0.05) is 36.8 Å². The first-order chi connectivity index (χ1) is 9.53. The number of rotatable bonds is 10. The van der Waals surface area contributed by atoms with Gasteiger partial charge in [-0.05, 0) is 24.8 Å². The summed E-state index contributed by atoms with van der Waals surface area (Å²) in [5, 5.41) is 0. The molecule has 1 rings (SSSR count). The number of carbonyl (C=O) groups is 1. The van der Waals surface area contributed by atoms with Crippen molar-refractivity contribution in [3.05, 3.63) is 35.9 Å². The molecule has 0 aliphatic carbocycles. The molecule has 0 N–H and O–H groups in total. The molecular formula is C15H23O4P. The second-order valence-corrected chi connectivity index (χ2v) is 6.98. The Bertz CT molecular complexity index is 444. The van der Waals surface area contributed by atoms with Gasteiger partial charge >= 0.3 is 7.60 Å². The predicted octanol–water partition coefficient (Wildman–Crippen LogP) is 3.84. The number of carbonyl (C=O) groups excluding carboxylic acids is 1. The summed E-state index contributed by atoms with van der Waals surface area (Å²) < 4.78 is 21.0. The van der Waals surface area contributed by atoms with E-state index in [1.165, 1.54) is 19.3 Å². The van der Waals surface area contributed by atoms with E-state index in [2.05, 4.69) is 16.7 Å². The molecular weight excluding hydrogens is 275 g/mol. The Morgan fingerprint density at radius 1 is 1.15 bits per heavy atom. The van der Waals surface area contributed by atoms with Gasteiger partial charge in [-0.25, -0.2) is 0 Å². The van der Waals surface area contributed by atoms with E-state index in [1.54, 1.807) is 0 Å². The summed E-state index contributed by atoms with van der Waals surface area (Å²) in [4.78, 5) is 11.5. The van der Waals surface area contributed by atoms with Crippen molar-refractivity contribution in [2.75, 3.05) is 20.4 Å². The van der Waals surface area contributed by atoms with Crippen LogP contribution in [0.1, 0.15) is 31.2 Å². The molecule has 1 unspecified atom stereocenters. The molecule has 20 heavy (non-hydrogen) atoms. The summed E-state index contributed by atoms with van der Waals surface area (Å²) in [6, 6.07) is 10.3. The SMILES string of the molecule is COP(C)(=O)OCC(=O)CCCCCc1ccccc1. The van der Waals surface area contributed by atoms with Gasteiger partial charge in [-0.15, -0.1) is 0 Å². The fourth-order valence-electron chi connectivity index (χ4n) is 1.79. The standard InChI is InChI=1S/C15H23O4P/c1-18-20(2,17)19-13-15(16)12-8-4-7-11-14-9-5-3-6-10-14/h3,5-6,9-10H,4,7-8,11-13H2,1-2H3. The molecule has 0 aliphatic rings. The lowest BCUT2D eigenvalue weighted by atomic mass is 10.1. The normalized spacial score (nSPS) is 13.9. The molecule has 0 saturated heterocycles. The van der Waals surface area contributed by atoms with Crippen molar-refractivity contribution in [1.82, 2.24) is 0 Å². The average Bonchev–Trinajstić information content (AvgIpc) is 2.46. The molecule has 0 amide bonds. The Kier molecular flexibility index (Phi) is 7.75. The van der Waals surface area contributed by atoms with Gasteiger partial charge in [0, 0.05) is 20.2 Å². The van der Waals surface area contributed by atoms with E-state index < -0.39 is 7.60 Å². The van der Waals surface area contributed by atoms with Crippen LogP contribution < -0.4 is 0 Å². The fraction of sp³-hybridized carbons (Fsp3) is 0.533. The van der Waals surface area contributed by atoms with E-state index in [4.69, 9.17) is 4.52 Å². The molecule has 1 aromatic carbocycles. The first-order valence-electron chi connectivity index (χ1n) is 6.87. The van der Waals surface area contributed by atoms with Gasteiger partial charge in [-0.3, -0.25) is 9.36 Å². The lowest BCUT2D eigenvalue weighted by molar-refractivity contribution is -0.121. The number of aryl methyl sites for hydroxylation is 1. The molecule has 112 valence electrons. The highest BCUT2D eigenvalue weighted by atomic mass is 31.2. The van der Waals surface area contributed by atoms with Crippen LogP contribution in [-0.2, 0) is 24.8 Å². The van der Waals surface area contributed by atoms with Crippen molar-refractivity contribution in [2.45, 2.75) is 32.1 Å². The molecule has 1 atom stereocenters. The second-order valence-electron chi connectivity index (χ2n) is 4.81. The molecule has 0 aromatic heterocycles. The monoisotopic (exact) mass is 298 g/mol. The van der Waals surface area contributed by atoms with Crippen molar-refractivity contribution < 1.29 is 18.4 Å². The van der Waals surface area contributed by atoms with Gasteiger partial charge in [0.25, 0.3) is 0 Å². The molecule has 0 heterocycles. The van der Waals surface area contributed by atoms with Crippen molar-refractivity contribution in [2.24, 2.45) is 0 Å². The Morgan fingerprint density at radius 3 is 2.50 bits per heavy atom. The molecule has 5 heteroatoms. The minimum atomic E-state index is -3.03. The summed E-state index contributed by atoms with van der Waals surface area (Å²) in [7, 11) is -1.72. The maximum absolute atomic E-state index is 11.5. The highest BCUT2D eigenvalue weighted by molar-refractivity contribution is 7.52. The third-order valence-electron chi connectivity index (χ3n) is 3.06. The van der Waals surface area contributed by atoms with Crippen molar-refractivity contribution >= 4 is 13.4 Å². The Labute approximate surface area is 121 Å². The van der Waals surface area contributed by atoms with Crippen LogP contribution in [0.3, 0.4) is 0 Å². The lowest BCUT2D eigenvalue weighted by Gasteiger charge is -2.10. The maximum Gasteiger partial charge on any atom is 0.327 e. The van der Waals surface area contributed by atoms with E-state index in [0.717, 1.165) is 25.7 Å². The van der Waals surface area contributed by atoms with Gasteiger partial charge in [0.1, 0.15) is 6.61 Å². The number of ketones is 1. The summed E-state index contributed by atoms with van der Waals surface area (Å²) >= 11 is 0. The van der Waals surface area contributed by atoms with E-state index in [0.29, 0.717) is 6.42 Å². The van der Waals surface area contributed by atoms with Crippen LogP contribution in [-0.4, -0.2) is 26.2 Å². The first-order valence-corrected chi connectivity index (χ1v) is 8.86. The summed E-state index contributed by atoms with van der Waals surface area (Å²) in [5.41, 5.74) is 1.33. The van der Waals surface area contributed by atoms with Crippen molar-refractivity contribution in [3.8, 4) is 0 Å². The molecule has 0 aliphatic heterocycles. The van der Waals surface area contributed by atoms with Gasteiger partial charge in [-0.2, -0.15) is 0 Å². The summed E-state index contributed by atoms with van der Waals surface area (Å²) in [5.74, 6) is -0.0242. The molecule has 1 aromatic rings. The van der Waals surface area contributed by atoms with E-state index in [1.807, 2.05) is 18.2 Å². The topological polar surface area (TPSA) is 52.6 Å². The minimum absolute atomic E-state index is 0.0242. The summed E-state index contributed by atoms with van der Waals surface area (Å²) in [6.07, 6.45) is 4.44. The van der Waals surface area contributed by atoms with Crippen molar-refractivity contribution in [3.63, 3.8) is 0 Å². The van der Waals surface area contributed by atoms with E-state index in [-0.39, 0.29) is 12.4 Å². The van der Waals surface area contributed by atoms with Crippen LogP contribution in [0.15, 0.2) is 30.3 Å². The van der Waals surface area contributed by atoms with Crippen LogP contribution in [0.2, 0.25) is 0 Å². The number of benzene rings is 1.